The summed E-state index contributed by atoms with van der Waals surface area (Å²) in [6, 6.07) is 19.2. The molecule has 3 rings (SSSR count). The summed E-state index contributed by atoms with van der Waals surface area (Å²) in [5.41, 5.74) is 2.69. The van der Waals surface area contributed by atoms with Crippen molar-refractivity contribution in [3.8, 4) is 0 Å². The van der Waals surface area contributed by atoms with E-state index in [4.69, 9.17) is 0 Å². The van der Waals surface area contributed by atoms with Crippen molar-refractivity contribution in [2.75, 3.05) is 0 Å². The van der Waals surface area contributed by atoms with Gasteiger partial charge in [-0.1, -0.05) is 54.6 Å². The quantitative estimate of drug-likeness (QED) is 0.627. The maximum atomic E-state index is 2.28. The molecule has 1 heterocycles. The van der Waals surface area contributed by atoms with Crippen LogP contribution in [0.2, 0.25) is 0 Å². The number of hydrogen-bond acceptors (Lipinski definition) is 0. The first kappa shape index (κ1) is 8.88. The van der Waals surface area contributed by atoms with Gasteiger partial charge in [-0.3, -0.25) is 0 Å². The summed E-state index contributed by atoms with van der Waals surface area (Å²) in [4.78, 5) is 0. The van der Waals surface area contributed by atoms with Gasteiger partial charge in [-0.15, -0.1) is 0 Å². The Labute approximate surface area is 91.4 Å². The smallest absolute Gasteiger partial charge is 0.00677 e. The zero-order valence-electron chi connectivity index (χ0n) is 8.22. The Morgan fingerprint density at radius 1 is 0.733 bits per heavy atom. The van der Waals surface area contributed by atoms with Gasteiger partial charge in [-0.25, -0.2) is 0 Å². The van der Waals surface area contributed by atoms with E-state index in [0.717, 1.165) is 0 Å². The van der Waals surface area contributed by atoms with Crippen LogP contribution in [0, 0.1) is 0 Å². The molecule has 1 aliphatic heterocycles. The fraction of sp³-hybridized carbons (Fsp3) is 0. The van der Waals surface area contributed by atoms with Crippen LogP contribution in [0.15, 0.2) is 54.6 Å². The van der Waals surface area contributed by atoms with Crippen molar-refractivity contribution < 1.29 is 0 Å². The summed E-state index contributed by atoms with van der Waals surface area (Å²) in [6.45, 7) is 0. The van der Waals surface area contributed by atoms with Gasteiger partial charge in [0.1, 0.15) is 0 Å². The van der Waals surface area contributed by atoms with Gasteiger partial charge in [-0.05, 0) is 36.4 Å². The maximum Gasteiger partial charge on any atom is -0.00677 e. The molecule has 0 atom stereocenters. The van der Waals surface area contributed by atoms with Crippen LogP contribution < -0.4 is 5.30 Å². The van der Waals surface area contributed by atoms with Crippen molar-refractivity contribution in [1.82, 2.24) is 0 Å². The second-order valence-electron chi connectivity index (χ2n) is 3.57. The van der Waals surface area contributed by atoms with Gasteiger partial charge in [-0.2, -0.15) is 0 Å². The minimum atomic E-state index is 1.33. The molecule has 1 heteroatoms. The van der Waals surface area contributed by atoms with Gasteiger partial charge >= 0.3 is 0 Å². The van der Waals surface area contributed by atoms with Crippen molar-refractivity contribution in [2.24, 2.45) is 0 Å². The topological polar surface area (TPSA) is 0 Å². The standard InChI is InChI=1S/C14H10P/c1-2-6-11(7-3-1)14-10-12-8-4-5-9-13(12)15-14/h1-10H. The Morgan fingerprint density at radius 3 is 2.27 bits per heavy atom. The molecule has 0 aliphatic carbocycles. The fourth-order valence-electron chi connectivity index (χ4n) is 1.78. The zero-order valence-corrected chi connectivity index (χ0v) is 9.12. The fourth-order valence-corrected chi connectivity index (χ4v) is 2.95. The molecule has 0 saturated heterocycles. The molecule has 1 radical (unpaired) electrons. The van der Waals surface area contributed by atoms with Gasteiger partial charge in [0.25, 0.3) is 0 Å². The predicted octanol–water partition coefficient (Wildman–Crippen LogP) is 3.77. The van der Waals surface area contributed by atoms with E-state index < -0.39 is 0 Å². The minimum Gasteiger partial charge on any atom is -0.0622 e. The number of rotatable bonds is 1. The first-order valence-electron chi connectivity index (χ1n) is 5.01. The largest absolute Gasteiger partial charge is 0.0622 e. The molecular formula is C14H10P. The van der Waals surface area contributed by atoms with Crippen molar-refractivity contribution in [1.29, 1.82) is 0 Å². The molecule has 2 aromatic carbocycles. The first-order valence-corrected chi connectivity index (χ1v) is 5.91. The van der Waals surface area contributed by atoms with Crippen LogP contribution >= 0.6 is 8.58 Å². The highest BCUT2D eigenvalue weighted by atomic mass is 31.1. The van der Waals surface area contributed by atoms with Crippen LogP contribution in [0.1, 0.15) is 11.1 Å². The molecule has 0 nitrogen and oxygen atoms in total. The van der Waals surface area contributed by atoms with E-state index in [0.29, 0.717) is 0 Å². The molecule has 0 fully saturated rings. The van der Waals surface area contributed by atoms with Crippen LogP contribution in [0.3, 0.4) is 0 Å². The van der Waals surface area contributed by atoms with E-state index in [1.807, 2.05) is 0 Å². The van der Waals surface area contributed by atoms with E-state index in [-0.39, 0.29) is 0 Å². The highest BCUT2D eigenvalue weighted by Crippen LogP contribution is 2.40. The van der Waals surface area contributed by atoms with Crippen LogP contribution in [-0.4, -0.2) is 0 Å². The summed E-state index contributed by atoms with van der Waals surface area (Å²) in [5, 5.41) is 2.81. The molecule has 15 heavy (non-hydrogen) atoms. The lowest BCUT2D eigenvalue weighted by molar-refractivity contribution is 1.66. The number of hydrogen-bond donors (Lipinski definition) is 0. The van der Waals surface area contributed by atoms with Gasteiger partial charge in [0.2, 0.25) is 0 Å². The minimum absolute atomic E-state index is 1.33. The van der Waals surface area contributed by atoms with Gasteiger partial charge in [0.15, 0.2) is 0 Å². The normalized spacial score (nSPS) is 15.1. The molecule has 0 spiro atoms. The Bertz CT molecular complexity index is 512. The lowest BCUT2D eigenvalue weighted by atomic mass is 10.1. The molecule has 0 N–H and O–H groups in total. The number of benzene rings is 2. The average molecular weight is 209 g/mol. The Morgan fingerprint density at radius 2 is 1.47 bits per heavy atom. The summed E-state index contributed by atoms with van der Waals surface area (Å²) >= 11 is 0. The van der Waals surface area contributed by atoms with Crippen molar-refractivity contribution in [3.05, 3.63) is 65.7 Å². The molecule has 0 unspecified atom stereocenters. The van der Waals surface area contributed by atoms with Crippen molar-refractivity contribution >= 4 is 25.3 Å². The van der Waals surface area contributed by atoms with E-state index in [2.05, 4.69) is 60.7 Å². The van der Waals surface area contributed by atoms with Gasteiger partial charge in [0, 0.05) is 0 Å². The molecule has 71 valence electrons. The van der Waals surface area contributed by atoms with Crippen LogP contribution in [0.25, 0.3) is 11.4 Å². The van der Waals surface area contributed by atoms with Crippen LogP contribution in [-0.2, 0) is 0 Å². The highest BCUT2D eigenvalue weighted by Gasteiger charge is 2.13. The second kappa shape index (κ2) is 3.64. The van der Waals surface area contributed by atoms with Gasteiger partial charge < -0.3 is 0 Å². The van der Waals surface area contributed by atoms with E-state index in [9.17, 15) is 0 Å². The third-order valence-corrected chi connectivity index (χ3v) is 3.82. The lowest BCUT2D eigenvalue weighted by Crippen LogP contribution is -1.92. The molecular weight excluding hydrogens is 199 g/mol. The molecule has 0 amide bonds. The summed E-state index contributed by atoms with van der Waals surface area (Å²) in [6.07, 6.45) is 2.28. The zero-order chi connectivity index (χ0) is 10.1. The molecule has 0 aromatic heterocycles. The maximum absolute atomic E-state index is 2.28. The third kappa shape index (κ3) is 1.62. The number of fused-ring (bicyclic) bond motifs is 1. The highest BCUT2D eigenvalue weighted by molar-refractivity contribution is 7.59. The van der Waals surface area contributed by atoms with Crippen molar-refractivity contribution in [3.63, 3.8) is 0 Å². The van der Waals surface area contributed by atoms with E-state index >= 15 is 0 Å². The summed E-state index contributed by atoms with van der Waals surface area (Å²) in [7, 11) is 1.33. The Hall–Kier alpha value is -1.39. The monoisotopic (exact) mass is 209 g/mol. The Kier molecular flexibility index (Phi) is 2.16. The molecule has 0 saturated carbocycles. The predicted molar refractivity (Wildman–Crippen MR) is 67.3 cm³/mol. The molecule has 2 aromatic rings. The summed E-state index contributed by atoms with van der Waals surface area (Å²) < 4.78 is 0. The average Bonchev–Trinajstić information content (AvgIpc) is 2.74. The SMILES string of the molecule is C1=C(c2ccccc2)[P]c2ccccc21. The first-order chi connectivity index (χ1) is 7.43. The van der Waals surface area contributed by atoms with E-state index in [1.54, 1.807) is 0 Å². The van der Waals surface area contributed by atoms with Crippen LogP contribution in [0.4, 0.5) is 0 Å². The molecule has 0 bridgehead atoms. The lowest BCUT2D eigenvalue weighted by Gasteiger charge is -1.99. The summed E-state index contributed by atoms with van der Waals surface area (Å²) in [5.74, 6) is 0. The van der Waals surface area contributed by atoms with Crippen molar-refractivity contribution in [2.45, 2.75) is 0 Å². The third-order valence-electron chi connectivity index (χ3n) is 2.54. The Balaban J connectivity index is 2.02. The molecule has 1 aliphatic rings. The second-order valence-corrected chi connectivity index (χ2v) is 4.75. The van der Waals surface area contributed by atoms with Crippen LogP contribution in [0.5, 0.6) is 0 Å². The van der Waals surface area contributed by atoms with Gasteiger partial charge in [0.05, 0.1) is 0 Å². The van der Waals surface area contributed by atoms with E-state index in [1.165, 1.54) is 30.3 Å².